The third-order valence-corrected chi connectivity index (χ3v) is 4.21. The summed E-state index contributed by atoms with van der Waals surface area (Å²) >= 11 is 0. The topological polar surface area (TPSA) is 37.4 Å². The van der Waals surface area contributed by atoms with Crippen molar-refractivity contribution in [2.75, 3.05) is 0 Å². The lowest BCUT2D eigenvalue weighted by atomic mass is 9.94. The van der Waals surface area contributed by atoms with Crippen molar-refractivity contribution in [3.63, 3.8) is 0 Å². The molecule has 3 atom stereocenters. The monoisotopic (exact) mass is 241 g/mol. The lowest BCUT2D eigenvalue weighted by molar-refractivity contribution is -0.140. The van der Waals surface area contributed by atoms with Crippen LogP contribution in [0.2, 0.25) is 0 Å². The van der Waals surface area contributed by atoms with Gasteiger partial charge in [0.1, 0.15) is 0 Å². The lowest BCUT2D eigenvalue weighted by Crippen LogP contribution is -2.36. The van der Waals surface area contributed by atoms with Crippen molar-refractivity contribution < 1.29 is 9.59 Å². The van der Waals surface area contributed by atoms with Gasteiger partial charge in [0.15, 0.2) is 0 Å². The largest absolute Gasteiger partial charge is 0.269 e. The van der Waals surface area contributed by atoms with E-state index < -0.39 is 0 Å². The van der Waals surface area contributed by atoms with E-state index in [0.717, 1.165) is 5.56 Å². The minimum absolute atomic E-state index is 0.119. The fraction of sp³-hybridized carbons (Fsp3) is 0.333. The van der Waals surface area contributed by atoms with Gasteiger partial charge in [-0.15, -0.1) is 0 Å². The Morgan fingerprint density at radius 1 is 0.944 bits per heavy atom. The molecule has 0 unspecified atom stereocenters. The third-order valence-electron chi connectivity index (χ3n) is 4.21. The summed E-state index contributed by atoms with van der Waals surface area (Å²) in [4.78, 5) is 25.1. The van der Waals surface area contributed by atoms with E-state index in [0.29, 0.717) is 5.92 Å². The van der Waals surface area contributed by atoms with Crippen molar-refractivity contribution in [2.24, 2.45) is 5.92 Å². The Balaban J connectivity index is 2.08. The molecule has 0 radical (unpaired) electrons. The molecule has 0 saturated heterocycles. The van der Waals surface area contributed by atoms with Crippen molar-refractivity contribution in [1.82, 2.24) is 4.90 Å². The molecule has 92 valence electrons. The van der Waals surface area contributed by atoms with Crippen LogP contribution < -0.4 is 0 Å². The zero-order valence-electron chi connectivity index (χ0n) is 10.5. The van der Waals surface area contributed by atoms with E-state index in [4.69, 9.17) is 0 Å². The molecule has 0 N–H and O–H groups in total. The van der Waals surface area contributed by atoms with Gasteiger partial charge in [0.25, 0.3) is 11.8 Å². The molecule has 0 fully saturated rings. The van der Waals surface area contributed by atoms with Crippen LogP contribution in [0.3, 0.4) is 0 Å². The first-order chi connectivity index (χ1) is 8.61. The van der Waals surface area contributed by atoms with Crippen molar-refractivity contribution in [1.29, 1.82) is 0 Å². The van der Waals surface area contributed by atoms with E-state index in [1.54, 1.807) is 0 Å². The van der Waals surface area contributed by atoms with E-state index in [1.807, 2.05) is 18.2 Å². The average Bonchev–Trinajstić information content (AvgIpc) is 2.81. The zero-order valence-corrected chi connectivity index (χ0v) is 10.5. The molecule has 0 saturated carbocycles. The minimum atomic E-state index is -0.194. The molecular weight excluding hydrogens is 226 g/mol. The van der Waals surface area contributed by atoms with Crippen LogP contribution in [0, 0.1) is 5.92 Å². The summed E-state index contributed by atoms with van der Waals surface area (Å²) in [7, 11) is 0. The van der Waals surface area contributed by atoms with Gasteiger partial charge >= 0.3 is 0 Å². The molecule has 3 nitrogen and oxygen atoms in total. The molecule has 0 aromatic heterocycles. The van der Waals surface area contributed by atoms with Crippen molar-refractivity contribution in [3.05, 3.63) is 47.5 Å². The van der Waals surface area contributed by atoms with Crippen LogP contribution in [-0.2, 0) is 9.59 Å². The van der Waals surface area contributed by atoms with E-state index >= 15 is 0 Å². The van der Waals surface area contributed by atoms with E-state index in [2.05, 4.69) is 19.9 Å². The number of fused-ring (bicyclic) bond motifs is 1. The van der Waals surface area contributed by atoms with Crippen LogP contribution in [0.5, 0.6) is 0 Å². The molecule has 18 heavy (non-hydrogen) atoms. The summed E-state index contributed by atoms with van der Waals surface area (Å²) < 4.78 is 0. The van der Waals surface area contributed by atoms with Gasteiger partial charge in [-0.3, -0.25) is 14.5 Å². The Morgan fingerprint density at radius 2 is 1.50 bits per heavy atom. The first-order valence-electron chi connectivity index (χ1n) is 6.25. The number of carbonyl (C=O) groups is 2. The second-order valence-corrected chi connectivity index (χ2v) is 5.10. The fourth-order valence-corrected chi connectivity index (χ4v) is 3.09. The van der Waals surface area contributed by atoms with Gasteiger partial charge in [0.05, 0.1) is 6.04 Å². The smallest absolute Gasteiger partial charge is 0.254 e. The standard InChI is InChI=1S/C15H15NO2/c1-9-10(2)15(12-6-4-3-5-11(9)12)16-13(17)7-8-14(16)18/h3-10,15H,1-2H3/t9-,10-,15-/m0/s1. The lowest BCUT2D eigenvalue weighted by Gasteiger charge is -2.27. The SMILES string of the molecule is C[C@H]1[C@H](C)c2ccccc2[C@H]1N1C(=O)C=CC1=O. The first kappa shape index (κ1) is 11.2. The van der Waals surface area contributed by atoms with Crippen LogP contribution in [0.4, 0.5) is 0 Å². The highest BCUT2D eigenvalue weighted by atomic mass is 16.2. The number of hydrogen-bond acceptors (Lipinski definition) is 2. The van der Waals surface area contributed by atoms with E-state index in [-0.39, 0.29) is 23.8 Å². The van der Waals surface area contributed by atoms with E-state index in [1.165, 1.54) is 22.6 Å². The summed E-state index contributed by atoms with van der Waals surface area (Å²) in [5.74, 6) is 0.240. The highest BCUT2D eigenvalue weighted by Gasteiger charge is 2.43. The Bertz CT molecular complexity index is 543. The summed E-state index contributed by atoms with van der Waals surface area (Å²) in [5.41, 5.74) is 2.37. The zero-order chi connectivity index (χ0) is 12.9. The molecule has 1 heterocycles. The molecule has 0 spiro atoms. The van der Waals surface area contributed by atoms with Gasteiger partial charge < -0.3 is 0 Å². The maximum absolute atomic E-state index is 11.9. The number of imide groups is 1. The van der Waals surface area contributed by atoms with Crippen molar-refractivity contribution >= 4 is 11.8 Å². The second kappa shape index (κ2) is 3.80. The van der Waals surface area contributed by atoms with Gasteiger partial charge in [-0.25, -0.2) is 0 Å². The number of amides is 2. The van der Waals surface area contributed by atoms with Gasteiger partial charge in [0.2, 0.25) is 0 Å². The number of rotatable bonds is 1. The number of carbonyl (C=O) groups excluding carboxylic acids is 2. The van der Waals surface area contributed by atoms with Gasteiger partial charge in [-0.1, -0.05) is 38.1 Å². The van der Waals surface area contributed by atoms with Gasteiger partial charge in [-0.2, -0.15) is 0 Å². The molecule has 1 aromatic rings. The van der Waals surface area contributed by atoms with E-state index in [9.17, 15) is 9.59 Å². The maximum atomic E-state index is 11.9. The molecule has 1 aromatic carbocycles. The molecule has 1 aliphatic heterocycles. The number of hydrogen-bond donors (Lipinski definition) is 0. The van der Waals surface area contributed by atoms with Crippen LogP contribution in [-0.4, -0.2) is 16.7 Å². The average molecular weight is 241 g/mol. The normalized spacial score (nSPS) is 30.1. The summed E-state index contributed by atoms with van der Waals surface area (Å²) in [6.07, 6.45) is 2.72. The Labute approximate surface area is 106 Å². The molecule has 0 bridgehead atoms. The van der Waals surface area contributed by atoms with Crippen LogP contribution in [0.1, 0.15) is 36.9 Å². The Kier molecular flexibility index (Phi) is 2.37. The fourth-order valence-electron chi connectivity index (χ4n) is 3.09. The summed E-state index contributed by atoms with van der Waals surface area (Å²) in [6, 6.07) is 7.98. The van der Waals surface area contributed by atoms with Crippen LogP contribution in [0.25, 0.3) is 0 Å². The second-order valence-electron chi connectivity index (χ2n) is 5.10. The van der Waals surface area contributed by atoms with Crippen molar-refractivity contribution in [3.8, 4) is 0 Å². The summed E-state index contributed by atoms with van der Waals surface area (Å²) in [6.45, 7) is 4.26. The predicted molar refractivity (Wildman–Crippen MR) is 67.8 cm³/mol. The predicted octanol–water partition coefficient (Wildman–Crippen LogP) is 2.41. The molecule has 2 amide bonds. The first-order valence-corrected chi connectivity index (χ1v) is 6.25. The van der Waals surface area contributed by atoms with Gasteiger partial charge in [0, 0.05) is 12.2 Å². The number of benzene rings is 1. The number of nitrogens with zero attached hydrogens (tertiary/aromatic N) is 1. The molecule has 3 heteroatoms. The molecule has 1 aliphatic carbocycles. The third kappa shape index (κ3) is 1.37. The maximum Gasteiger partial charge on any atom is 0.254 e. The highest BCUT2D eigenvalue weighted by Crippen LogP contribution is 2.48. The minimum Gasteiger partial charge on any atom is -0.269 e. The Morgan fingerprint density at radius 3 is 2.11 bits per heavy atom. The quantitative estimate of drug-likeness (QED) is 0.708. The van der Waals surface area contributed by atoms with Gasteiger partial charge in [-0.05, 0) is 23.0 Å². The van der Waals surface area contributed by atoms with Crippen molar-refractivity contribution in [2.45, 2.75) is 25.8 Å². The summed E-state index contributed by atoms with van der Waals surface area (Å²) in [5, 5.41) is 0. The Hall–Kier alpha value is -1.90. The van der Waals surface area contributed by atoms with Crippen LogP contribution >= 0.6 is 0 Å². The molecule has 2 aliphatic rings. The molecular formula is C15H15NO2. The van der Waals surface area contributed by atoms with Crippen LogP contribution in [0.15, 0.2) is 36.4 Å². The molecule has 3 rings (SSSR count). The highest BCUT2D eigenvalue weighted by molar-refractivity contribution is 6.13.